The molecule has 0 aromatic carbocycles. The molecule has 0 radical (unpaired) electrons. The van der Waals surface area contributed by atoms with Gasteiger partial charge in [0.1, 0.15) is 5.69 Å². The molecule has 0 amide bonds. The van der Waals surface area contributed by atoms with Gasteiger partial charge in [-0.15, -0.1) is 0 Å². The normalized spacial score (nSPS) is 21.6. The quantitative estimate of drug-likeness (QED) is 0.694. The highest BCUT2D eigenvalue weighted by Crippen LogP contribution is 2.24. The summed E-state index contributed by atoms with van der Waals surface area (Å²) in [7, 11) is 0. The molecule has 4 nitrogen and oxygen atoms in total. The van der Waals surface area contributed by atoms with Gasteiger partial charge in [0.15, 0.2) is 5.78 Å². The van der Waals surface area contributed by atoms with E-state index in [0.717, 1.165) is 18.5 Å². The molecule has 1 aliphatic carbocycles. The number of aromatic nitrogens is 2. The zero-order valence-corrected chi connectivity index (χ0v) is 7.42. The van der Waals surface area contributed by atoms with E-state index in [2.05, 4.69) is 9.97 Å². The predicted octanol–water partition coefficient (Wildman–Crippen LogP) is 0.504. The number of H-pyrrole nitrogens is 1. The molecular weight excluding hydrogens is 166 g/mol. The van der Waals surface area contributed by atoms with Crippen LogP contribution in [0.5, 0.6) is 0 Å². The number of nitrogens with two attached hydrogens (primary N) is 1. The minimum absolute atomic E-state index is 0.154. The van der Waals surface area contributed by atoms with Crippen molar-refractivity contribution in [1.29, 1.82) is 0 Å². The van der Waals surface area contributed by atoms with E-state index in [9.17, 15) is 4.79 Å². The van der Waals surface area contributed by atoms with Gasteiger partial charge in [0.05, 0.1) is 6.33 Å². The fourth-order valence-corrected chi connectivity index (χ4v) is 1.88. The number of fused-ring (bicyclic) bond motifs is 1. The van der Waals surface area contributed by atoms with Crippen LogP contribution in [0.1, 0.15) is 29.0 Å². The number of hydrogen-bond donors (Lipinski definition) is 2. The highest BCUT2D eigenvalue weighted by atomic mass is 16.1. The molecule has 3 N–H and O–H groups in total. The van der Waals surface area contributed by atoms with Crippen LogP contribution < -0.4 is 5.73 Å². The summed E-state index contributed by atoms with van der Waals surface area (Å²) in [5.41, 5.74) is 7.08. The molecule has 1 aromatic rings. The van der Waals surface area contributed by atoms with Gasteiger partial charge in [-0.25, -0.2) is 4.98 Å². The largest absolute Gasteiger partial charge is 0.348 e. The fourth-order valence-electron chi connectivity index (χ4n) is 1.88. The Kier molecular flexibility index (Phi) is 2.14. The number of carbonyl (C=O) groups is 1. The van der Waals surface area contributed by atoms with Crippen LogP contribution in [0.2, 0.25) is 0 Å². The average Bonchev–Trinajstić information content (AvgIpc) is 2.53. The van der Waals surface area contributed by atoms with E-state index in [1.807, 2.05) is 0 Å². The number of nitrogens with one attached hydrogen (secondary N) is 1. The fraction of sp³-hybridized carbons (Fsp3) is 0.556. The summed E-state index contributed by atoms with van der Waals surface area (Å²) < 4.78 is 0. The number of rotatable bonds is 2. The van der Waals surface area contributed by atoms with E-state index in [-0.39, 0.29) is 5.78 Å². The van der Waals surface area contributed by atoms with Crippen molar-refractivity contribution in [2.75, 3.05) is 6.54 Å². The number of carbonyl (C=O) groups excluding carboxylic acids is 1. The maximum Gasteiger partial charge on any atom is 0.183 e. The molecular formula is C9H13N3O. The van der Waals surface area contributed by atoms with Crippen molar-refractivity contribution in [1.82, 2.24) is 9.97 Å². The lowest BCUT2D eigenvalue weighted by Crippen LogP contribution is -2.22. The maximum atomic E-state index is 11.5. The molecule has 1 aromatic heterocycles. The minimum atomic E-state index is 0.154. The van der Waals surface area contributed by atoms with E-state index in [4.69, 9.17) is 5.73 Å². The first kappa shape index (κ1) is 8.44. The number of aromatic amines is 1. The van der Waals surface area contributed by atoms with Crippen molar-refractivity contribution >= 4 is 5.78 Å². The number of hydrogen-bond acceptors (Lipinski definition) is 3. The van der Waals surface area contributed by atoms with E-state index >= 15 is 0 Å². The third-order valence-corrected chi connectivity index (χ3v) is 2.52. The molecule has 0 spiro atoms. The Morgan fingerprint density at radius 3 is 3.23 bits per heavy atom. The number of ketones is 1. The van der Waals surface area contributed by atoms with Crippen molar-refractivity contribution in [2.45, 2.75) is 19.3 Å². The van der Waals surface area contributed by atoms with Crippen molar-refractivity contribution in [3.8, 4) is 0 Å². The summed E-state index contributed by atoms with van der Waals surface area (Å²) >= 11 is 0. The summed E-state index contributed by atoms with van der Waals surface area (Å²) in [6, 6.07) is 0. The molecule has 70 valence electrons. The Hall–Kier alpha value is -1.16. The van der Waals surface area contributed by atoms with Gasteiger partial charge in [-0.05, 0) is 25.3 Å². The van der Waals surface area contributed by atoms with Crippen molar-refractivity contribution in [3.05, 3.63) is 17.7 Å². The lowest BCUT2D eigenvalue weighted by Gasteiger charge is -2.19. The third kappa shape index (κ3) is 1.49. The lowest BCUT2D eigenvalue weighted by molar-refractivity contribution is 0.0942. The van der Waals surface area contributed by atoms with E-state index in [1.165, 1.54) is 0 Å². The van der Waals surface area contributed by atoms with Crippen LogP contribution in [-0.4, -0.2) is 22.3 Å². The highest BCUT2D eigenvalue weighted by Gasteiger charge is 2.26. The topological polar surface area (TPSA) is 71.8 Å². The van der Waals surface area contributed by atoms with Crippen LogP contribution in [0.4, 0.5) is 0 Å². The summed E-state index contributed by atoms with van der Waals surface area (Å²) in [5, 5.41) is 0. The smallest absolute Gasteiger partial charge is 0.183 e. The first-order valence-electron chi connectivity index (χ1n) is 4.56. The second kappa shape index (κ2) is 3.30. The Morgan fingerprint density at radius 2 is 2.46 bits per heavy atom. The van der Waals surface area contributed by atoms with Crippen LogP contribution in [0.3, 0.4) is 0 Å². The Morgan fingerprint density at radius 1 is 1.62 bits per heavy atom. The SMILES string of the molecule is NCCC1CC(=O)c2nc[nH]c2C1. The van der Waals surface area contributed by atoms with Crippen LogP contribution in [0, 0.1) is 5.92 Å². The van der Waals surface area contributed by atoms with E-state index < -0.39 is 0 Å². The average molecular weight is 179 g/mol. The van der Waals surface area contributed by atoms with Gasteiger partial charge in [0.2, 0.25) is 0 Å². The Labute approximate surface area is 76.5 Å². The van der Waals surface area contributed by atoms with Gasteiger partial charge in [0.25, 0.3) is 0 Å². The molecule has 0 aliphatic heterocycles. The van der Waals surface area contributed by atoms with Crippen molar-refractivity contribution in [3.63, 3.8) is 0 Å². The van der Waals surface area contributed by atoms with Gasteiger partial charge in [-0.3, -0.25) is 4.79 Å². The first-order chi connectivity index (χ1) is 6.31. The Bertz CT molecular complexity index is 318. The molecule has 0 saturated carbocycles. The van der Waals surface area contributed by atoms with Crippen LogP contribution in [0.15, 0.2) is 6.33 Å². The molecule has 2 rings (SSSR count). The molecule has 1 atom stereocenters. The first-order valence-corrected chi connectivity index (χ1v) is 4.56. The number of nitrogens with zero attached hydrogens (tertiary/aromatic N) is 1. The summed E-state index contributed by atoms with van der Waals surface area (Å²) in [6.07, 6.45) is 4.03. The van der Waals surface area contributed by atoms with Gasteiger partial charge < -0.3 is 10.7 Å². The standard InChI is InChI=1S/C9H13N3O/c10-2-1-6-3-7-9(8(13)4-6)12-5-11-7/h5-6H,1-4,10H2,(H,11,12). The van der Waals surface area contributed by atoms with Gasteiger partial charge in [0, 0.05) is 12.1 Å². The monoisotopic (exact) mass is 179 g/mol. The summed E-state index contributed by atoms with van der Waals surface area (Å²) in [6.45, 7) is 0.654. The third-order valence-electron chi connectivity index (χ3n) is 2.52. The second-order valence-electron chi connectivity index (χ2n) is 3.50. The zero-order chi connectivity index (χ0) is 9.26. The lowest BCUT2D eigenvalue weighted by atomic mass is 9.87. The number of Topliss-reactive ketones (excluding diaryl/α,β-unsaturated/α-hetero) is 1. The molecule has 0 saturated heterocycles. The van der Waals surface area contributed by atoms with E-state index in [1.54, 1.807) is 6.33 Å². The van der Waals surface area contributed by atoms with Gasteiger partial charge >= 0.3 is 0 Å². The Balaban J connectivity index is 2.19. The van der Waals surface area contributed by atoms with Crippen LogP contribution >= 0.6 is 0 Å². The molecule has 1 aliphatic rings. The number of imidazole rings is 1. The van der Waals surface area contributed by atoms with E-state index in [0.29, 0.717) is 24.6 Å². The zero-order valence-electron chi connectivity index (χ0n) is 7.42. The van der Waals surface area contributed by atoms with Gasteiger partial charge in [-0.1, -0.05) is 0 Å². The maximum absolute atomic E-state index is 11.5. The predicted molar refractivity (Wildman–Crippen MR) is 48.4 cm³/mol. The molecule has 0 fully saturated rings. The van der Waals surface area contributed by atoms with Crippen LogP contribution in [0.25, 0.3) is 0 Å². The van der Waals surface area contributed by atoms with Crippen molar-refractivity contribution < 1.29 is 4.79 Å². The second-order valence-corrected chi connectivity index (χ2v) is 3.50. The molecule has 13 heavy (non-hydrogen) atoms. The molecule has 1 heterocycles. The van der Waals surface area contributed by atoms with Gasteiger partial charge in [-0.2, -0.15) is 0 Å². The minimum Gasteiger partial charge on any atom is -0.348 e. The molecule has 4 heteroatoms. The van der Waals surface area contributed by atoms with Crippen LogP contribution in [-0.2, 0) is 6.42 Å². The summed E-state index contributed by atoms with van der Waals surface area (Å²) in [4.78, 5) is 18.5. The molecule has 1 unspecified atom stereocenters. The highest BCUT2D eigenvalue weighted by molar-refractivity contribution is 5.96. The summed E-state index contributed by atoms with van der Waals surface area (Å²) in [5.74, 6) is 0.561. The molecule has 0 bridgehead atoms. The van der Waals surface area contributed by atoms with Crippen molar-refractivity contribution in [2.24, 2.45) is 11.7 Å².